The normalized spacial score (nSPS) is 17.0. The Kier molecular flexibility index (Phi) is 4.80. The molecular formula is C14H22N2O. The van der Waals surface area contributed by atoms with E-state index in [1.807, 2.05) is 18.3 Å². The van der Waals surface area contributed by atoms with Gasteiger partial charge in [-0.15, -0.1) is 0 Å². The van der Waals surface area contributed by atoms with Gasteiger partial charge in [-0.1, -0.05) is 13.3 Å². The summed E-state index contributed by atoms with van der Waals surface area (Å²) in [4.78, 5) is 4.39. The summed E-state index contributed by atoms with van der Waals surface area (Å²) in [6, 6.07) is 4.08. The first-order valence-corrected chi connectivity index (χ1v) is 6.71. The Morgan fingerprint density at radius 1 is 1.29 bits per heavy atom. The second-order valence-corrected chi connectivity index (χ2v) is 4.64. The van der Waals surface area contributed by atoms with Crippen molar-refractivity contribution in [1.29, 1.82) is 0 Å². The van der Waals surface area contributed by atoms with Crippen LogP contribution in [0.25, 0.3) is 0 Å². The van der Waals surface area contributed by atoms with Crippen molar-refractivity contribution in [2.24, 2.45) is 0 Å². The van der Waals surface area contributed by atoms with Gasteiger partial charge in [0.15, 0.2) is 0 Å². The monoisotopic (exact) mass is 234 g/mol. The summed E-state index contributed by atoms with van der Waals surface area (Å²) in [5.41, 5.74) is 1.07. The minimum absolute atomic E-state index is 0.408. The Morgan fingerprint density at radius 2 is 2.12 bits per heavy atom. The highest BCUT2D eigenvalue weighted by atomic mass is 16.5. The fourth-order valence-corrected chi connectivity index (χ4v) is 2.21. The van der Waals surface area contributed by atoms with Crippen LogP contribution in [-0.4, -0.2) is 17.6 Å². The van der Waals surface area contributed by atoms with Gasteiger partial charge in [0.2, 0.25) is 0 Å². The maximum absolute atomic E-state index is 5.93. The minimum Gasteiger partial charge on any atom is -0.489 e. The molecule has 1 aliphatic carbocycles. The summed E-state index contributed by atoms with van der Waals surface area (Å²) in [5.74, 6) is 0.914. The average molecular weight is 234 g/mol. The van der Waals surface area contributed by atoms with E-state index in [4.69, 9.17) is 4.74 Å². The summed E-state index contributed by atoms with van der Waals surface area (Å²) in [5, 5.41) is 3.26. The molecule has 0 aliphatic heterocycles. The van der Waals surface area contributed by atoms with Crippen molar-refractivity contribution in [2.45, 2.75) is 51.7 Å². The van der Waals surface area contributed by atoms with E-state index in [0.717, 1.165) is 24.5 Å². The molecule has 0 unspecified atom stereocenters. The SMILES string of the molecule is CCNCc1ccc(OC2CCCCC2)cn1. The molecule has 1 saturated carbocycles. The number of hydrogen-bond donors (Lipinski definition) is 1. The number of aromatic nitrogens is 1. The highest BCUT2D eigenvalue weighted by molar-refractivity contribution is 5.20. The van der Waals surface area contributed by atoms with Crippen molar-refractivity contribution in [2.75, 3.05) is 6.54 Å². The third-order valence-corrected chi connectivity index (χ3v) is 3.21. The molecule has 0 bridgehead atoms. The highest BCUT2D eigenvalue weighted by Gasteiger charge is 2.14. The number of rotatable bonds is 5. The number of nitrogens with zero attached hydrogens (tertiary/aromatic N) is 1. The Morgan fingerprint density at radius 3 is 2.76 bits per heavy atom. The highest BCUT2D eigenvalue weighted by Crippen LogP contribution is 2.22. The van der Waals surface area contributed by atoms with E-state index in [9.17, 15) is 0 Å². The van der Waals surface area contributed by atoms with E-state index in [1.54, 1.807) is 0 Å². The standard InChI is InChI=1S/C14H22N2O/c1-2-15-10-12-8-9-14(11-16-12)17-13-6-4-3-5-7-13/h8-9,11,13,15H,2-7,10H2,1H3. The predicted octanol–water partition coefficient (Wildman–Crippen LogP) is 2.90. The molecule has 1 heterocycles. The second kappa shape index (κ2) is 6.60. The van der Waals surface area contributed by atoms with Gasteiger partial charge in [0, 0.05) is 6.54 Å². The van der Waals surface area contributed by atoms with Crippen LogP contribution in [-0.2, 0) is 6.54 Å². The Bertz CT molecular complexity index is 317. The third-order valence-electron chi connectivity index (χ3n) is 3.21. The van der Waals surface area contributed by atoms with Crippen LogP contribution in [0.5, 0.6) is 5.75 Å². The lowest BCUT2D eigenvalue weighted by Gasteiger charge is -2.22. The first-order valence-electron chi connectivity index (χ1n) is 6.71. The molecule has 1 aromatic rings. The molecule has 0 spiro atoms. The van der Waals surface area contributed by atoms with Crippen LogP contribution in [0.1, 0.15) is 44.7 Å². The number of nitrogens with one attached hydrogen (secondary N) is 1. The van der Waals surface area contributed by atoms with Crippen molar-refractivity contribution in [3.05, 3.63) is 24.0 Å². The van der Waals surface area contributed by atoms with Gasteiger partial charge in [0.25, 0.3) is 0 Å². The molecule has 0 aromatic carbocycles. The smallest absolute Gasteiger partial charge is 0.138 e. The lowest BCUT2D eigenvalue weighted by Crippen LogP contribution is -2.19. The Labute approximate surface area is 104 Å². The lowest BCUT2D eigenvalue weighted by molar-refractivity contribution is 0.154. The zero-order chi connectivity index (χ0) is 11.9. The first kappa shape index (κ1) is 12.4. The van der Waals surface area contributed by atoms with Crippen LogP contribution in [0.3, 0.4) is 0 Å². The predicted molar refractivity (Wildman–Crippen MR) is 69.1 cm³/mol. The molecule has 94 valence electrons. The summed E-state index contributed by atoms with van der Waals surface area (Å²) in [6.45, 7) is 3.91. The molecule has 3 nitrogen and oxygen atoms in total. The van der Waals surface area contributed by atoms with Crippen molar-refractivity contribution in [3.63, 3.8) is 0 Å². The summed E-state index contributed by atoms with van der Waals surface area (Å²) >= 11 is 0. The first-order chi connectivity index (χ1) is 8.38. The van der Waals surface area contributed by atoms with E-state index in [1.165, 1.54) is 32.1 Å². The van der Waals surface area contributed by atoms with Crippen LogP contribution in [0.15, 0.2) is 18.3 Å². The van der Waals surface area contributed by atoms with Gasteiger partial charge >= 0.3 is 0 Å². The molecule has 2 rings (SSSR count). The van der Waals surface area contributed by atoms with Crippen LogP contribution in [0.4, 0.5) is 0 Å². The summed E-state index contributed by atoms with van der Waals surface area (Å²) < 4.78 is 5.93. The average Bonchev–Trinajstić information content (AvgIpc) is 2.39. The molecular weight excluding hydrogens is 212 g/mol. The van der Waals surface area contributed by atoms with Crippen molar-refractivity contribution in [3.8, 4) is 5.75 Å². The molecule has 1 N–H and O–H groups in total. The van der Waals surface area contributed by atoms with Crippen molar-refractivity contribution < 1.29 is 4.74 Å². The van der Waals surface area contributed by atoms with Crippen LogP contribution < -0.4 is 10.1 Å². The summed E-state index contributed by atoms with van der Waals surface area (Å²) in [6.07, 6.45) is 8.61. The Hall–Kier alpha value is -1.09. The lowest BCUT2D eigenvalue weighted by atomic mass is 9.98. The Balaban J connectivity index is 1.84. The molecule has 0 amide bonds. The van der Waals surface area contributed by atoms with E-state index >= 15 is 0 Å². The topological polar surface area (TPSA) is 34.1 Å². The second-order valence-electron chi connectivity index (χ2n) is 4.64. The van der Waals surface area contributed by atoms with Crippen LogP contribution in [0.2, 0.25) is 0 Å². The van der Waals surface area contributed by atoms with Crippen molar-refractivity contribution in [1.82, 2.24) is 10.3 Å². The van der Waals surface area contributed by atoms with E-state index in [2.05, 4.69) is 17.2 Å². The molecule has 0 saturated heterocycles. The quantitative estimate of drug-likeness (QED) is 0.850. The minimum atomic E-state index is 0.408. The molecule has 1 aliphatic rings. The van der Waals surface area contributed by atoms with Gasteiger partial charge in [-0.3, -0.25) is 4.98 Å². The van der Waals surface area contributed by atoms with Gasteiger partial charge in [0.1, 0.15) is 5.75 Å². The van der Waals surface area contributed by atoms with Gasteiger partial charge in [-0.2, -0.15) is 0 Å². The molecule has 17 heavy (non-hydrogen) atoms. The zero-order valence-corrected chi connectivity index (χ0v) is 10.6. The largest absolute Gasteiger partial charge is 0.489 e. The van der Waals surface area contributed by atoms with Crippen LogP contribution in [0, 0.1) is 0 Å². The van der Waals surface area contributed by atoms with Crippen LogP contribution >= 0.6 is 0 Å². The fourth-order valence-electron chi connectivity index (χ4n) is 2.21. The van der Waals surface area contributed by atoms with Gasteiger partial charge in [-0.05, 0) is 44.4 Å². The molecule has 0 radical (unpaired) electrons. The fraction of sp³-hybridized carbons (Fsp3) is 0.643. The third kappa shape index (κ3) is 4.00. The number of ether oxygens (including phenoxy) is 1. The van der Waals surface area contributed by atoms with Gasteiger partial charge in [0.05, 0.1) is 18.0 Å². The molecule has 3 heteroatoms. The summed E-state index contributed by atoms with van der Waals surface area (Å²) in [7, 11) is 0. The van der Waals surface area contributed by atoms with E-state index in [-0.39, 0.29) is 0 Å². The maximum Gasteiger partial charge on any atom is 0.138 e. The number of pyridine rings is 1. The zero-order valence-electron chi connectivity index (χ0n) is 10.6. The molecule has 1 aromatic heterocycles. The van der Waals surface area contributed by atoms with E-state index < -0.39 is 0 Å². The molecule has 0 atom stereocenters. The maximum atomic E-state index is 5.93. The van der Waals surface area contributed by atoms with Gasteiger partial charge < -0.3 is 10.1 Å². The molecule has 1 fully saturated rings. The van der Waals surface area contributed by atoms with E-state index in [0.29, 0.717) is 6.10 Å². The number of hydrogen-bond acceptors (Lipinski definition) is 3. The van der Waals surface area contributed by atoms with Crippen molar-refractivity contribution >= 4 is 0 Å². The van der Waals surface area contributed by atoms with Gasteiger partial charge in [-0.25, -0.2) is 0 Å².